The molecule has 7 heteroatoms. The average molecular weight is 519 g/mol. The lowest BCUT2D eigenvalue weighted by atomic mass is 10.1. The van der Waals surface area contributed by atoms with Gasteiger partial charge in [-0.25, -0.2) is 9.97 Å². The largest absolute Gasteiger partial charge is 0.339 e. The number of fused-ring (bicyclic) bond motifs is 1. The minimum absolute atomic E-state index is 0.115. The molecule has 206 valence electrons. The number of aromatic nitrogens is 3. The van der Waals surface area contributed by atoms with Gasteiger partial charge in [0.15, 0.2) is 5.82 Å². The van der Waals surface area contributed by atoms with Crippen LogP contribution in [0.25, 0.3) is 5.65 Å². The number of carbonyl (C=O) groups excluding carboxylic acids is 1. The lowest BCUT2D eigenvalue weighted by Gasteiger charge is -2.25. The minimum Gasteiger partial charge on any atom is -0.339 e. The van der Waals surface area contributed by atoms with Crippen molar-refractivity contribution < 1.29 is 4.79 Å². The Morgan fingerprint density at radius 3 is 2.34 bits per heavy atom. The molecule has 1 fully saturated rings. The SMILES string of the molecule is CC(C)CCN(CCC(C)C)C(=O)c1ccc2nc(N(C)c3ccccn3)c(CCCN3CCCC3)n2c1. The van der Waals surface area contributed by atoms with Crippen LogP contribution in [0.4, 0.5) is 11.6 Å². The molecule has 0 saturated carbocycles. The number of amides is 1. The fourth-order valence-electron chi connectivity index (χ4n) is 5.17. The zero-order valence-electron chi connectivity index (χ0n) is 24.1. The third kappa shape index (κ3) is 7.13. The molecule has 1 saturated heterocycles. The molecule has 0 aliphatic carbocycles. The van der Waals surface area contributed by atoms with Crippen LogP contribution in [0.15, 0.2) is 42.7 Å². The second-order valence-electron chi connectivity index (χ2n) is 11.6. The van der Waals surface area contributed by atoms with Gasteiger partial charge in [0.2, 0.25) is 0 Å². The summed E-state index contributed by atoms with van der Waals surface area (Å²) in [7, 11) is 2.03. The predicted octanol–water partition coefficient (Wildman–Crippen LogP) is 6.06. The summed E-state index contributed by atoms with van der Waals surface area (Å²) in [6.07, 6.45) is 10.4. The molecule has 0 spiro atoms. The first-order valence-corrected chi connectivity index (χ1v) is 14.5. The van der Waals surface area contributed by atoms with E-state index in [1.54, 1.807) is 0 Å². The van der Waals surface area contributed by atoms with Crippen molar-refractivity contribution in [2.24, 2.45) is 11.8 Å². The fraction of sp³-hybridized carbons (Fsp3) is 0.581. The molecular formula is C31H46N6O. The molecule has 38 heavy (non-hydrogen) atoms. The Balaban J connectivity index is 1.65. The highest BCUT2D eigenvalue weighted by molar-refractivity contribution is 5.94. The summed E-state index contributed by atoms with van der Waals surface area (Å²) < 4.78 is 2.15. The maximum absolute atomic E-state index is 13.7. The van der Waals surface area contributed by atoms with Crippen molar-refractivity contribution in [3.63, 3.8) is 0 Å². The van der Waals surface area contributed by atoms with Crippen molar-refractivity contribution in [3.05, 3.63) is 54.0 Å². The van der Waals surface area contributed by atoms with E-state index in [0.29, 0.717) is 11.8 Å². The van der Waals surface area contributed by atoms with Crippen molar-refractivity contribution in [1.29, 1.82) is 0 Å². The molecule has 0 radical (unpaired) electrons. The number of rotatable bonds is 13. The van der Waals surface area contributed by atoms with Crippen LogP contribution in [-0.4, -0.2) is 69.8 Å². The van der Waals surface area contributed by atoms with Gasteiger partial charge in [-0.05, 0) is 94.3 Å². The molecule has 3 aromatic heterocycles. The molecule has 1 aliphatic heterocycles. The summed E-state index contributed by atoms with van der Waals surface area (Å²) in [6, 6.07) is 9.88. The number of carbonyl (C=O) groups is 1. The summed E-state index contributed by atoms with van der Waals surface area (Å²) in [6.45, 7) is 14.0. The van der Waals surface area contributed by atoms with Crippen LogP contribution < -0.4 is 4.90 Å². The number of likely N-dealkylation sites (tertiary alicyclic amines) is 1. The van der Waals surface area contributed by atoms with E-state index in [2.05, 4.69) is 46.9 Å². The first-order chi connectivity index (χ1) is 18.3. The van der Waals surface area contributed by atoms with Gasteiger partial charge in [0.1, 0.15) is 11.5 Å². The van der Waals surface area contributed by atoms with Crippen LogP contribution in [-0.2, 0) is 6.42 Å². The Kier molecular flexibility index (Phi) is 9.78. The van der Waals surface area contributed by atoms with Gasteiger partial charge in [0.05, 0.1) is 11.3 Å². The highest BCUT2D eigenvalue weighted by atomic mass is 16.2. The Bertz CT molecular complexity index is 1150. The number of hydrogen-bond acceptors (Lipinski definition) is 5. The van der Waals surface area contributed by atoms with Crippen LogP contribution in [0.2, 0.25) is 0 Å². The highest BCUT2D eigenvalue weighted by Crippen LogP contribution is 2.28. The first kappa shape index (κ1) is 28.1. The Labute approximate surface area is 228 Å². The Hall–Kier alpha value is -2.93. The molecule has 4 heterocycles. The van der Waals surface area contributed by atoms with E-state index in [-0.39, 0.29) is 5.91 Å². The van der Waals surface area contributed by atoms with Gasteiger partial charge in [-0.15, -0.1) is 0 Å². The standard InChI is InChI=1S/C31H46N6O/c1-24(2)15-21-36(22-16-25(3)4)31(38)26-13-14-29-33-30(34(5)28-12-6-7-17-32-28)27(37(29)23-26)11-10-20-35-18-8-9-19-35/h6-7,12-14,17,23-25H,8-11,15-16,18-22H2,1-5H3. The molecule has 0 N–H and O–H groups in total. The molecule has 7 nitrogen and oxygen atoms in total. The Morgan fingerprint density at radius 2 is 1.71 bits per heavy atom. The smallest absolute Gasteiger partial charge is 0.255 e. The molecule has 0 bridgehead atoms. The third-order valence-electron chi connectivity index (χ3n) is 7.58. The highest BCUT2D eigenvalue weighted by Gasteiger charge is 2.22. The number of hydrogen-bond donors (Lipinski definition) is 0. The van der Waals surface area contributed by atoms with Crippen molar-refractivity contribution in [2.45, 2.75) is 66.2 Å². The lowest BCUT2D eigenvalue weighted by molar-refractivity contribution is 0.0740. The van der Waals surface area contributed by atoms with E-state index in [9.17, 15) is 4.79 Å². The van der Waals surface area contributed by atoms with Gasteiger partial charge in [0.25, 0.3) is 5.91 Å². The van der Waals surface area contributed by atoms with E-state index in [0.717, 1.165) is 73.9 Å². The minimum atomic E-state index is 0.115. The van der Waals surface area contributed by atoms with Crippen LogP contribution >= 0.6 is 0 Å². The summed E-state index contributed by atoms with van der Waals surface area (Å²) in [5.74, 6) is 3.01. The summed E-state index contributed by atoms with van der Waals surface area (Å²) in [5, 5.41) is 0. The van der Waals surface area contributed by atoms with Gasteiger partial charge >= 0.3 is 0 Å². The van der Waals surface area contributed by atoms with E-state index in [4.69, 9.17) is 4.98 Å². The van der Waals surface area contributed by atoms with Gasteiger partial charge in [-0.3, -0.25) is 4.79 Å². The lowest BCUT2D eigenvalue weighted by Crippen LogP contribution is -2.34. The van der Waals surface area contributed by atoms with Crippen LogP contribution in [0.1, 0.15) is 75.9 Å². The molecule has 0 atom stereocenters. The molecule has 1 aliphatic rings. The maximum atomic E-state index is 13.7. The van der Waals surface area contributed by atoms with Gasteiger partial charge in [-0.1, -0.05) is 33.8 Å². The molecule has 0 unspecified atom stereocenters. The zero-order chi connectivity index (χ0) is 27.1. The van der Waals surface area contributed by atoms with E-state index in [1.165, 1.54) is 25.9 Å². The summed E-state index contributed by atoms with van der Waals surface area (Å²) >= 11 is 0. The van der Waals surface area contributed by atoms with Crippen LogP contribution in [0.3, 0.4) is 0 Å². The number of anilines is 2. The van der Waals surface area contributed by atoms with Crippen LogP contribution in [0, 0.1) is 11.8 Å². The van der Waals surface area contributed by atoms with Crippen molar-refractivity contribution in [1.82, 2.24) is 24.2 Å². The number of aryl methyl sites for hydroxylation is 1. The van der Waals surface area contributed by atoms with Crippen molar-refractivity contribution >= 4 is 23.2 Å². The van der Waals surface area contributed by atoms with E-state index < -0.39 is 0 Å². The topological polar surface area (TPSA) is 57.0 Å². The molecular weight excluding hydrogens is 472 g/mol. The van der Waals surface area contributed by atoms with Gasteiger partial charge < -0.3 is 19.1 Å². The maximum Gasteiger partial charge on any atom is 0.255 e. The number of nitrogens with zero attached hydrogens (tertiary/aromatic N) is 6. The van der Waals surface area contributed by atoms with Crippen molar-refractivity contribution in [2.75, 3.05) is 44.7 Å². The second-order valence-corrected chi connectivity index (χ2v) is 11.6. The third-order valence-corrected chi connectivity index (χ3v) is 7.58. The fourth-order valence-corrected chi connectivity index (χ4v) is 5.17. The van der Waals surface area contributed by atoms with Crippen LogP contribution in [0.5, 0.6) is 0 Å². The van der Waals surface area contributed by atoms with E-state index in [1.807, 2.05) is 54.7 Å². The van der Waals surface area contributed by atoms with Gasteiger partial charge in [-0.2, -0.15) is 0 Å². The van der Waals surface area contributed by atoms with Crippen molar-refractivity contribution in [3.8, 4) is 0 Å². The number of pyridine rings is 2. The summed E-state index contributed by atoms with van der Waals surface area (Å²) in [4.78, 5) is 30.0. The molecule has 1 amide bonds. The second kappa shape index (κ2) is 13.2. The normalized spacial score (nSPS) is 14.2. The Morgan fingerprint density at radius 1 is 1.00 bits per heavy atom. The molecule has 3 aromatic rings. The quantitative estimate of drug-likeness (QED) is 0.275. The summed E-state index contributed by atoms with van der Waals surface area (Å²) in [5.41, 5.74) is 2.74. The van der Waals surface area contributed by atoms with Gasteiger partial charge in [0, 0.05) is 32.5 Å². The first-order valence-electron chi connectivity index (χ1n) is 14.5. The average Bonchev–Trinajstić information content (AvgIpc) is 3.56. The zero-order valence-corrected chi connectivity index (χ0v) is 24.1. The monoisotopic (exact) mass is 518 g/mol. The molecule has 4 rings (SSSR count). The predicted molar refractivity (Wildman–Crippen MR) is 156 cm³/mol. The molecule has 0 aromatic carbocycles. The van der Waals surface area contributed by atoms with E-state index >= 15 is 0 Å². The number of imidazole rings is 1.